The molecule has 1 amide bonds. The van der Waals surface area contributed by atoms with Crippen LogP contribution in [0.2, 0.25) is 0 Å². The first-order valence-corrected chi connectivity index (χ1v) is 16.3. The van der Waals surface area contributed by atoms with Crippen molar-refractivity contribution in [3.8, 4) is 5.88 Å². The molecule has 228 valence electrons. The van der Waals surface area contributed by atoms with Gasteiger partial charge in [0.1, 0.15) is 10.3 Å². The van der Waals surface area contributed by atoms with Crippen molar-refractivity contribution >= 4 is 48.3 Å². The van der Waals surface area contributed by atoms with Gasteiger partial charge in [-0.15, -0.1) is 0 Å². The van der Waals surface area contributed by atoms with E-state index in [-0.39, 0.29) is 22.5 Å². The molecule has 3 heterocycles. The third kappa shape index (κ3) is 8.91. The summed E-state index contributed by atoms with van der Waals surface area (Å²) in [7, 11) is 0.0943. The van der Waals surface area contributed by atoms with E-state index in [0.29, 0.717) is 66.2 Å². The van der Waals surface area contributed by atoms with Gasteiger partial charge in [0.25, 0.3) is 5.91 Å². The number of thiazole rings is 1. The van der Waals surface area contributed by atoms with Gasteiger partial charge in [-0.05, 0) is 44.6 Å². The molecule has 0 saturated carbocycles. The molecule has 1 saturated heterocycles. The maximum Gasteiger partial charge on any atom is 0.280 e. The molecule has 1 aliphatic rings. The number of hydrogen-bond acceptors (Lipinski definition) is 12. The monoisotopic (exact) mass is 619 g/mol. The van der Waals surface area contributed by atoms with Crippen LogP contribution in [0.1, 0.15) is 31.7 Å². The summed E-state index contributed by atoms with van der Waals surface area (Å²) >= 11 is 1.21. The number of oxime groups is 1. The minimum atomic E-state index is -3.50. The number of nitrogens with zero attached hydrogens (tertiary/aromatic N) is 4. The highest BCUT2D eigenvalue weighted by Gasteiger charge is 2.22. The van der Waals surface area contributed by atoms with Crippen molar-refractivity contribution in [2.24, 2.45) is 5.16 Å². The second-order valence-corrected chi connectivity index (χ2v) is 12.9. The molecule has 4 rings (SSSR count). The van der Waals surface area contributed by atoms with Crippen LogP contribution in [0.15, 0.2) is 46.4 Å². The number of nitrogens with one attached hydrogen (secondary N) is 1. The van der Waals surface area contributed by atoms with E-state index < -0.39 is 15.7 Å². The molecule has 0 aliphatic carbocycles. The van der Waals surface area contributed by atoms with Gasteiger partial charge in [0.2, 0.25) is 5.88 Å². The van der Waals surface area contributed by atoms with Gasteiger partial charge in [-0.3, -0.25) is 10.1 Å². The highest BCUT2D eigenvalue weighted by Crippen LogP contribution is 2.27. The van der Waals surface area contributed by atoms with E-state index in [4.69, 9.17) is 19.0 Å². The van der Waals surface area contributed by atoms with Crippen molar-refractivity contribution in [3.05, 3.63) is 42.0 Å². The van der Waals surface area contributed by atoms with E-state index in [1.165, 1.54) is 42.7 Å². The van der Waals surface area contributed by atoms with E-state index in [1.54, 1.807) is 12.1 Å². The molecule has 1 fully saturated rings. The molecule has 1 aromatic carbocycles. The normalized spacial score (nSPS) is 15.8. The Hall–Kier alpha value is -3.17. The maximum absolute atomic E-state index is 13.4. The number of benzene rings is 1. The summed E-state index contributed by atoms with van der Waals surface area (Å²) in [5.41, 5.74) is 0.999. The zero-order valence-electron chi connectivity index (χ0n) is 24.1. The Morgan fingerprint density at radius 3 is 2.69 bits per heavy atom. The molecule has 1 aliphatic heterocycles. The highest BCUT2D eigenvalue weighted by molar-refractivity contribution is 7.91. The minimum Gasteiger partial charge on any atom is -0.478 e. The zero-order chi connectivity index (χ0) is 30.0. The lowest BCUT2D eigenvalue weighted by atomic mass is 10.1. The molecule has 14 heteroatoms. The van der Waals surface area contributed by atoms with Crippen LogP contribution >= 0.6 is 11.3 Å². The van der Waals surface area contributed by atoms with Crippen molar-refractivity contribution in [2.45, 2.75) is 37.2 Å². The topological polar surface area (TPSA) is 142 Å². The predicted octanol–water partition coefficient (Wildman–Crippen LogP) is 3.37. The Morgan fingerprint density at radius 2 is 1.98 bits per heavy atom. The van der Waals surface area contributed by atoms with Gasteiger partial charge < -0.3 is 23.9 Å². The summed E-state index contributed by atoms with van der Waals surface area (Å²) in [6.07, 6.45) is 1.64. The van der Waals surface area contributed by atoms with E-state index in [9.17, 15) is 13.2 Å². The molecular weight excluding hydrogens is 582 g/mol. The Labute approximate surface area is 249 Å². The molecule has 2 aromatic heterocycles. The lowest BCUT2D eigenvalue weighted by Gasteiger charge is -2.13. The number of rotatable bonds is 16. The van der Waals surface area contributed by atoms with E-state index in [1.807, 2.05) is 0 Å². The molecule has 3 aromatic rings. The number of ether oxygens (including phenoxy) is 3. The number of hydrogen-bond donors (Lipinski definition) is 1. The molecule has 42 heavy (non-hydrogen) atoms. The quantitative estimate of drug-likeness (QED) is 0.144. The summed E-state index contributed by atoms with van der Waals surface area (Å²) in [6.45, 7) is 5.85. The van der Waals surface area contributed by atoms with Crippen LogP contribution in [0.5, 0.6) is 5.88 Å². The van der Waals surface area contributed by atoms with Crippen LogP contribution in [-0.2, 0) is 28.9 Å². The number of fused-ring (bicyclic) bond motifs is 1. The Kier molecular flexibility index (Phi) is 11.6. The first-order valence-electron chi connectivity index (χ1n) is 13.8. The van der Waals surface area contributed by atoms with Crippen LogP contribution < -0.4 is 10.1 Å². The highest BCUT2D eigenvalue weighted by atomic mass is 32.2. The van der Waals surface area contributed by atoms with Crippen molar-refractivity contribution < 1.29 is 32.3 Å². The second kappa shape index (κ2) is 15.3. The second-order valence-electron chi connectivity index (χ2n) is 9.77. The average molecular weight is 620 g/mol. The van der Waals surface area contributed by atoms with Gasteiger partial charge >= 0.3 is 0 Å². The summed E-state index contributed by atoms with van der Waals surface area (Å²) in [6, 6.07) is 9.55. The zero-order valence-corrected chi connectivity index (χ0v) is 25.7. The number of sulfone groups is 1. The number of anilines is 1. The lowest BCUT2D eigenvalue weighted by Crippen LogP contribution is -2.25. The third-order valence-electron chi connectivity index (χ3n) is 6.57. The Balaban J connectivity index is 1.47. The number of aromatic nitrogens is 2. The van der Waals surface area contributed by atoms with Gasteiger partial charge in [0.05, 0.1) is 30.5 Å². The van der Waals surface area contributed by atoms with Crippen molar-refractivity contribution in [1.82, 2.24) is 14.9 Å². The van der Waals surface area contributed by atoms with Gasteiger partial charge in [-0.1, -0.05) is 35.5 Å². The standard InChI is InChI=1S/C28H37N5O7S2/c1-4-33(2)14-5-16-39-24-12-11-23-27(30-24)41-28(29-23)31-26(34)25(32-40-21-13-17-38-19-21)20-7-9-22(10-8-20)42(35,36)18-6-15-37-3/h7-12,21H,4-6,13-19H2,1-3H3,(H,29,31,34)/t21-/m1/s1. The molecule has 0 radical (unpaired) electrons. The van der Waals surface area contributed by atoms with Crippen LogP contribution in [-0.4, -0.2) is 100 Å². The first-order chi connectivity index (χ1) is 20.3. The summed E-state index contributed by atoms with van der Waals surface area (Å²) < 4.78 is 41.4. The number of pyridine rings is 1. The molecule has 1 N–H and O–H groups in total. The minimum absolute atomic E-state index is 0.0153. The molecular formula is C28H37N5O7S2. The van der Waals surface area contributed by atoms with Gasteiger partial charge in [0, 0.05) is 38.3 Å². The van der Waals surface area contributed by atoms with E-state index in [0.717, 1.165) is 19.5 Å². The maximum atomic E-state index is 13.4. The fraction of sp³-hybridized carbons (Fsp3) is 0.500. The van der Waals surface area contributed by atoms with Crippen molar-refractivity contribution in [1.29, 1.82) is 0 Å². The molecule has 0 spiro atoms. The molecule has 1 atom stereocenters. The number of carbonyl (C=O) groups is 1. The van der Waals surface area contributed by atoms with Crippen LogP contribution in [0, 0.1) is 0 Å². The summed E-state index contributed by atoms with van der Waals surface area (Å²) in [4.78, 5) is 31.0. The SMILES string of the molecule is CCN(C)CCCOc1ccc2nc(NC(=O)C(=NO[C@@H]3CCOC3)c3ccc(S(=O)(=O)CCCOC)cc3)sc2n1. The number of carbonyl (C=O) groups excluding carboxylic acids is 1. The van der Waals surface area contributed by atoms with Crippen LogP contribution in [0.4, 0.5) is 5.13 Å². The molecule has 0 unspecified atom stereocenters. The first kappa shape index (κ1) is 31.8. The van der Waals surface area contributed by atoms with E-state index in [2.05, 4.69) is 39.3 Å². The molecule has 0 bridgehead atoms. The number of amides is 1. The van der Waals surface area contributed by atoms with Crippen molar-refractivity contribution in [3.63, 3.8) is 0 Å². The fourth-order valence-electron chi connectivity index (χ4n) is 4.04. The number of methoxy groups -OCH3 is 1. The van der Waals surface area contributed by atoms with Gasteiger partial charge in [-0.25, -0.2) is 18.4 Å². The molecule has 12 nitrogen and oxygen atoms in total. The Morgan fingerprint density at radius 1 is 1.17 bits per heavy atom. The van der Waals surface area contributed by atoms with Gasteiger partial charge in [0.15, 0.2) is 26.8 Å². The van der Waals surface area contributed by atoms with E-state index >= 15 is 0 Å². The lowest BCUT2D eigenvalue weighted by molar-refractivity contribution is -0.110. The average Bonchev–Trinajstić information content (AvgIpc) is 3.65. The predicted molar refractivity (Wildman–Crippen MR) is 161 cm³/mol. The van der Waals surface area contributed by atoms with Gasteiger partial charge in [-0.2, -0.15) is 0 Å². The van der Waals surface area contributed by atoms with Crippen molar-refractivity contribution in [2.75, 3.05) is 64.7 Å². The largest absolute Gasteiger partial charge is 0.478 e. The third-order valence-corrected chi connectivity index (χ3v) is 9.27. The smallest absolute Gasteiger partial charge is 0.280 e. The fourth-order valence-corrected chi connectivity index (χ4v) is 6.15. The van der Waals surface area contributed by atoms with Crippen LogP contribution in [0.3, 0.4) is 0 Å². The Bertz CT molecular complexity index is 1460. The summed E-state index contributed by atoms with van der Waals surface area (Å²) in [5.74, 6) is -0.101. The van der Waals surface area contributed by atoms with Crippen LogP contribution in [0.25, 0.3) is 10.3 Å². The summed E-state index contributed by atoms with van der Waals surface area (Å²) in [5, 5.41) is 7.26.